The maximum Gasteiger partial charge on any atom is 0.195 e. The van der Waals surface area contributed by atoms with E-state index in [2.05, 4.69) is 23.7 Å². The van der Waals surface area contributed by atoms with Crippen molar-refractivity contribution in [3.8, 4) is 35.2 Å². The summed E-state index contributed by atoms with van der Waals surface area (Å²) >= 11 is 0. The van der Waals surface area contributed by atoms with Gasteiger partial charge >= 0.3 is 0 Å². The fourth-order valence-electron chi connectivity index (χ4n) is 5.76. The number of phenols is 2. The van der Waals surface area contributed by atoms with E-state index in [9.17, 15) is 15.0 Å². The summed E-state index contributed by atoms with van der Waals surface area (Å²) < 4.78 is 0. The molecule has 0 saturated heterocycles. The number of rotatable bonds is 4. The third-order valence-corrected chi connectivity index (χ3v) is 8.11. The van der Waals surface area contributed by atoms with Gasteiger partial charge in [-0.3, -0.25) is 4.79 Å². The maximum absolute atomic E-state index is 14.6. The second-order valence-electron chi connectivity index (χ2n) is 11.3. The molecule has 0 unspecified atom stereocenters. The molecule has 0 spiro atoms. The van der Waals surface area contributed by atoms with Crippen molar-refractivity contribution in [2.45, 2.75) is 0 Å². The molecule has 226 valence electrons. The fourth-order valence-corrected chi connectivity index (χ4v) is 5.76. The van der Waals surface area contributed by atoms with Crippen molar-refractivity contribution in [2.24, 2.45) is 0 Å². The lowest BCUT2D eigenvalue weighted by Gasteiger charge is -2.14. The number of phenolic OH excluding ortho intramolecular Hbond substituents is 2. The summed E-state index contributed by atoms with van der Waals surface area (Å²) in [6, 6.07) is 49.0. The Labute approximate surface area is 279 Å². The van der Waals surface area contributed by atoms with E-state index < -0.39 is 0 Å². The van der Waals surface area contributed by atoms with Crippen molar-refractivity contribution in [1.82, 2.24) is 0 Å². The van der Waals surface area contributed by atoms with Gasteiger partial charge in [0.15, 0.2) is 5.78 Å². The lowest BCUT2D eigenvalue weighted by molar-refractivity contribution is -0.108. The molecule has 2 N–H and O–H groups in total. The van der Waals surface area contributed by atoms with Gasteiger partial charge in [-0.05, 0) is 95.1 Å². The molecule has 0 saturated carbocycles. The van der Waals surface area contributed by atoms with Crippen LogP contribution < -0.4 is 0 Å². The van der Waals surface area contributed by atoms with Crippen molar-refractivity contribution in [2.75, 3.05) is 0 Å². The number of hydrogen-bond donors (Lipinski definition) is 2. The number of Topliss-reactive ketones (excluding diaryl/α,β-unsaturated/α-hetero) is 1. The number of benzene rings is 6. The smallest absolute Gasteiger partial charge is 0.195 e. The average Bonchev–Trinajstić information content (AvgIpc) is 3.44. The summed E-state index contributed by atoms with van der Waals surface area (Å²) in [4.78, 5) is 14.6. The van der Waals surface area contributed by atoms with Gasteiger partial charge in [0, 0.05) is 44.5 Å². The highest BCUT2D eigenvalue weighted by atomic mass is 16.3. The normalized spacial score (nSPS) is 12.3. The Hall–Kier alpha value is -6.81. The number of aromatic hydroxyl groups is 2. The van der Waals surface area contributed by atoms with Gasteiger partial charge in [-0.1, -0.05) is 109 Å². The Morgan fingerprint density at radius 2 is 0.583 bits per heavy atom. The molecule has 0 bridgehead atoms. The van der Waals surface area contributed by atoms with Crippen LogP contribution in [0.25, 0.3) is 22.3 Å². The van der Waals surface area contributed by atoms with Crippen molar-refractivity contribution >= 4 is 28.1 Å². The van der Waals surface area contributed by atoms with E-state index in [0.717, 1.165) is 44.5 Å². The molecule has 0 radical (unpaired) electrons. The van der Waals surface area contributed by atoms with Crippen LogP contribution in [0.3, 0.4) is 0 Å². The van der Waals surface area contributed by atoms with E-state index in [1.54, 1.807) is 48.5 Å². The van der Waals surface area contributed by atoms with Crippen LogP contribution in [-0.4, -0.2) is 16.0 Å². The molecule has 0 amide bonds. The molecule has 0 atom stereocenters. The quantitative estimate of drug-likeness (QED) is 0.194. The van der Waals surface area contributed by atoms with E-state index >= 15 is 0 Å². The topological polar surface area (TPSA) is 57.5 Å². The van der Waals surface area contributed by atoms with Crippen molar-refractivity contribution in [3.05, 3.63) is 202 Å². The molecular formula is C45H28O3. The zero-order chi connectivity index (χ0) is 32.9. The van der Waals surface area contributed by atoms with Gasteiger partial charge in [0.25, 0.3) is 0 Å². The van der Waals surface area contributed by atoms with Crippen molar-refractivity contribution in [1.29, 1.82) is 0 Å². The number of ketones is 1. The minimum atomic E-state index is -0.141. The van der Waals surface area contributed by atoms with Gasteiger partial charge in [-0.15, -0.1) is 0 Å². The molecule has 6 aromatic carbocycles. The first kappa shape index (κ1) is 29.9. The van der Waals surface area contributed by atoms with E-state index in [0.29, 0.717) is 22.3 Å². The van der Waals surface area contributed by atoms with Crippen LogP contribution >= 0.6 is 0 Å². The molecule has 7 rings (SSSR count). The predicted octanol–water partition coefficient (Wildman–Crippen LogP) is 9.00. The number of carbonyl (C=O) groups excluding carboxylic acids is 1. The minimum absolute atomic E-state index is 0.117. The highest BCUT2D eigenvalue weighted by molar-refractivity contribution is 6.59. The van der Waals surface area contributed by atoms with Crippen LogP contribution in [0.2, 0.25) is 0 Å². The molecule has 3 nitrogen and oxygen atoms in total. The van der Waals surface area contributed by atoms with Gasteiger partial charge in [-0.2, -0.15) is 0 Å². The van der Waals surface area contributed by atoms with Crippen molar-refractivity contribution < 1.29 is 15.0 Å². The molecule has 0 aromatic heterocycles. The van der Waals surface area contributed by atoms with Crippen LogP contribution in [0.5, 0.6) is 11.5 Å². The SMILES string of the molecule is O=C1C(c2ccc(O)cc2)=C(c2ccc(C#Cc3ccccc3)cc2)C(c2ccc(C#Cc3ccccc3)cc2)=C1c1ccc(O)cc1. The van der Waals surface area contributed by atoms with E-state index in [4.69, 9.17) is 0 Å². The first-order chi connectivity index (χ1) is 23.5. The van der Waals surface area contributed by atoms with Crippen LogP contribution in [0.1, 0.15) is 44.5 Å². The predicted molar refractivity (Wildman–Crippen MR) is 193 cm³/mol. The molecule has 0 heterocycles. The third kappa shape index (κ3) is 6.31. The standard InChI is InChI=1S/C45H28O3/c46-39-27-23-37(24-28-39)43-41(35-19-15-33(16-20-35)13-11-31-7-3-1-4-8-31)42(44(45(43)48)38-25-29-40(47)30-26-38)36-21-17-34(18-22-36)14-12-32-9-5-2-6-10-32/h1-10,15-30,46-47H. The summed E-state index contributed by atoms with van der Waals surface area (Å²) in [5.74, 6) is 13.0. The Bertz CT molecular complexity index is 2140. The largest absolute Gasteiger partial charge is 0.508 e. The summed E-state index contributed by atoms with van der Waals surface area (Å²) in [7, 11) is 0. The van der Waals surface area contributed by atoms with Gasteiger partial charge < -0.3 is 10.2 Å². The fraction of sp³-hybridized carbons (Fsp3) is 0. The van der Waals surface area contributed by atoms with Crippen LogP contribution in [0.15, 0.2) is 158 Å². The van der Waals surface area contributed by atoms with Crippen LogP contribution in [0.4, 0.5) is 0 Å². The van der Waals surface area contributed by atoms with E-state index in [1.807, 2.05) is 109 Å². The summed E-state index contributed by atoms with van der Waals surface area (Å²) in [5, 5.41) is 20.2. The van der Waals surface area contributed by atoms with Gasteiger partial charge in [-0.25, -0.2) is 0 Å². The van der Waals surface area contributed by atoms with E-state index in [-0.39, 0.29) is 17.3 Å². The summed E-state index contributed by atoms with van der Waals surface area (Å²) in [6.45, 7) is 0. The molecular weight excluding hydrogens is 588 g/mol. The molecule has 0 aliphatic heterocycles. The Balaban J connectivity index is 1.39. The number of hydrogen-bond acceptors (Lipinski definition) is 3. The third-order valence-electron chi connectivity index (χ3n) is 8.11. The lowest BCUT2D eigenvalue weighted by Crippen LogP contribution is -2.02. The highest BCUT2D eigenvalue weighted by Gasteiger charge is 2.35. The molecule has 3 heteroatoms. The highest BCUT2D eigenvalue weighted by Crippen LogP contribution is 2.50. The van der Waals surface area contributed by atoms with E-state index in [1.165, 1.54) is 0 Å². The second kappa shape index (κ2) is 13.3. The monoisotopic (exact) mass is 616 g/mol. The number of carbonyl (C=O) groups is 1. The Kier molecular flexibility index (Phi) is 8.26. The van der Waals surface area contributed by atoms with Crippen LogP contribution in [-0.2, 0) is 4.79 Å². The summed E-state index contributed by atoms with van der Waals surface area (Å²) in [6.07, 6.45) is 0. The second-order valence-corrected chi connectivity index (χ2v) is 11.3. The molecule has 6 aromatic rings. The zero-order valence-electron chi connectivity index (χ0n) is 25.8. The van der Waals surface area contributed by atoms with Gasteiger partial charge in [0.2, 0.25) is 0 Å². The lowest BCUT2D eigenvalue weighted by atomic mass is 9.88. The molecule has 0 fully saturated rings. The molecule has 1 aliphatic rings. The molecule has 48 heavy (non-hydrogen) atoms. The number of allylic oxidation sites excluding steroid dienone is 4. The Morgan fingerprint density at radius 3 is 0.917 bits per heavy atom. The minimum Gasteiger partial charge on any atom is -0.508 e. The first-order valence-corrected chi connectivity index (χ1v) is 15.5. The Morgan fingerprint density at radius 1 is 0.312 bits per heavy atom. The summed E-state index contributed by atoms with van der Waals surface area (Å²) in [5.41, 5.74) is 9.28. The van der Waals surface area contributed by atoms with Gasteiger partial charge in [0.05, 0.1) is 0 Å². The average molecular weight is 617 g/mol. The first-order valence-electron chi connectivity index (χ1n) is 15.5. The zero-order valence-corrected chi connectivity index (χ0v) is 25.8. The van der Waals surface area contributed by atoms with Crippen LogP contribution in [0, 0.1) is 23.7 Å². The van der Waals surface area contributed by atoms with Crippen molar-refractivity contribution in [3.63, 3.8) is 0 Å². The van der Waals surface area contributed by atoms with Gasteiger partial charge in [0.1, 0.15) is 11.5 Å². The maximum atomic E-state index is 14.6. The molecule has 1 aliphatic carbocycles.